The van der Waals surface area contributed by atoms with Gasteiger partial charge in [-0.25, -0.2) is 0 Å². The van der Waals surface area contributed by atoms with E-state index >= 15 is 0 Å². The number of Topliss-reactive ketones (excluding diaryl/α,β-unsaturated/α-hetero) is 1. The van der Waals surface area contributed by atoms with Gasteiger partial charge in [0.05, 0.1) is 0 Å². The second kappa shape index (κ2) is 3.11. The van der Waals surface area contributed by atoms with Gasteiger partial charge < -0.3 is 4.90 Å². The summed E-state index contributed by atoms with van der Waals surface area (Å²) in [7, 11) is 0. The number of piperidine rings is 2. The molecule has 1 saturated carbocycles. The molecule has 2 unspecified atom stereocenters. The quantitative estimate of drug-likeness (QED) is 0.592. The molecule has 2 nitrogen and oxygen atoms in total. The fourth-order valence-corrected chi connectivity index (χ4v) is 2.03. The van der Waals surface area contributed by atoms with Crippen LogP contribution in [0.1, 0.15) is 13.3 Å². The van der Waals surface area contributed by atoms with Gasteiger partial charge in [0.15, 0.2) is 0 Å². The lowest BCUT2D eigenvalue weighted by atomic mass is 9.70. The molecular weight excluding hydrogens is 162 g/mol. The molecule has 2 atom stereocenters. The van der Waals surface area contributed by atoms with Crippen LogP contribution in [0.2, 0.25) is 0 Å². The normalized spacial score (nSPS) is 35.9. The highest BCUT2D eigenvalue weighted by molar-refractivity contribution is 5.90. The van der Waals surface area contributed by atoms with Crippen LogP contribution in [0.15, 0.2) is 0 Å². The molecule has 1 aliphatic carbocycles. The summed E-state index contributed by atoms with van der Waals surface area (Å²) in [5.41, 5.74) is 0. The molecule has 2 heterocycles. The predicted molar refractivity (Wildman–Crippen MR) is 46.0 cm³/mol. The van der Waals surface area contributed by atoms with Crippen molar-refractivity contribution in [3.05, 3.63) is 0 Å². The highest BCUT2D eigenvalue weighted by Crippen LogP contribution is 2.35. The van der Waals surface area contributed by atoms with Crippen LogP contribution < -0.4 is 0 Å². The zero-order valence-corrected chi connectivity index (χ0v) is 7.56. The van der Waals surface area contributed by atoms with Gasteiger partial charge in [-0.15, -0.1) is 12.4 Å². The lowest BCUT2D eigenvalue weighted by molar-refractivity contribution is -0.143. The molecule has 0 aromatic carbocycles. The number of halogens is 1. The monoisotopic (exact) mass is 175 g/mol. The molecule has 0 aromatic heterocycles. The van der Waals surface area contributed by atoms with Gasteiger partial charge in [-0.05, 0) is 13.0 Å². The minimum absolute atomic E-state index is 0. The van der Waals surface area contributed by atoms with Crippen molar-refractivity contribution >= 4 is 18.2 Å². The first-order valence-corrected chi connectivity index (χ1v) is 4.07. The van der Waals surface area contributed by atoms with Gasteiger partial charge in [0.1, 0.15) is 5.78 Å². The molecule has 2 saturated heterocycles. The van der Waals surface area contributed by atoms with Crippen molar-refractivity contribution in [3.8, 4) is 0 Å². The van der Waals surface area contributed by atoms with E-state index in [0.29, 0.717) is 17.6 Å². The maximum atomic E-state index is 11.1. The fourth-order valence-electron chi connectivity index (χ4n) is 2.03. The molecule has 0 amide bonds. The second-order valence-corrected chi connectivity index (χ2v) is 3.38. The number of hydrogen-bond acceptors (Lipinski definition) is 2. The average Bonchev–Trinajstić information content (AvgIpc) is 2.04. The Morgan fingerprint density at radius 2 is 2.00 bits per heavy atom. The third-order valence-electron chi connectivity index (χ3n) is 2.78. The number of carbonyl (C=O) groups excluding carboxylic acids is 1. The Morgan fingerprint density at radius 1 is 1.45 bits per heavy atom. The van der Waals surface area contributed by atoms with Gasteiger partial charge in [0, 0.05) is 24.9 Å². The predicted octanol–water partition coefficient (Wildman–Crippen LogP) is 0.949. The molecular formula is C8H14ClNO. The lowest BCUT2D eigenvalue weighted by Gasteiger charge is -2.45. The maximum Gasteiger partial charge on any atom is 0.141 e. The van der Waals surface area contributed by atoms with Crippen molar-refractivity contribution in [2.45, 2.75) is 13.3 Å². The topological polar surface area (TPSA) is 20.3 Å². The van der Waals surface area contributed by atoms with E-state index in [0.717, 1.165) is 19.6 Å². The van der Waals surface area contributed by atoms with Crippen LogP contribution in [-0.4, -0.2) is 30.3 Å². The van der Waals surface area contributed by atoms with Crippen LogP contribution in [0.25, 0.3) is 0 Å². The molecule has 64 valence electrons. The number of fused-ring (bicyclic) bond motifs is 2. The first kappa shape index (κ1) is 9.01. The second-order valence-electron chi connectivity index (χ2n) is 3.38. The van der Waals surface area contributed by atoms with Crippen molar-refractivity contribution in [1.82, 2.24) is 4.90 Å². The molecule has 0 radical (unpaired) electrons. The van der Waals surface area contributed by atoms with E-state index in [2.05, 4.69) is 11.8 Å². The van der Waals surface area contributed by atoms with Gasteiger partial charge in [0.25, 0.3) is 0 Å². The highest BCUT2D eigenvalue weighted by atomic mass is 35.5. The van der Waals surface area contributed by atoms with Crippen LogP contribution >= 0.6 is 12.4 Å². The molecule has 3 heteroatoms. The highest BCUT2D eigenvalue weighted by Gasteiger charge is 2.44. The summed E-state index contributed by atoms with van der Waals surface area (Å²) in [5.74, 6) is 1.36. The number of nitrogens with zero attached hydrogens (tertiary/aromatic N) is 1. The summed E-state index contributed by atoms with van der Waals surface area (Å²) in [4.78, 5) is 13.5. The smallest absolute Gasteiger partial charge is 0.141 e. The zero-order chi connectivity index (χ0) is 7.14. The minimum atomic E-state index is 0. The molecule has 2 bridgehead atoms. The third-order valence-corrected chi connectivity index (χ3v) is 2.78. The average molecular weight is 176 g/mol. The first-order valence-electron chi connectivity index (χ1n) is 4.07. The number of rotatable bonds is 1. The van der Waals surface area contributed by atoms with E-state index in [-0.39, 0.29) is 12.4 Å². The molecule has 2 aliphatic heterocycles. The van der Waals surface area contributed by atoms with Crippen LogP contribution in [0.4, 0.5) is 0 Å². The number of ketones is 1. The van der Waals surface area contributed by atoms with Gasteiger partial charge in [-0.3, -0.25) is 4.79 Å². The van der Waals surface area contributed by atoms with Crippen molar-refractivity contribution in [2.24, 2.45) is 11.8 Å². The molecule has 0 spiro atoms. The number of hydrogen-bond donors (Lipinski definition) is 0. The fraction of sp³-hybridized carbons (Fsp3) is 0.875. The third kappa shape index (κ3) is 1.30. The molecule has 0 aromatic rings. The molecule has 0 N–H and O–H groups in total. The van der Waals surface area contributed by atoms with Crippen molar-refractivity contribution in [3.63, 3.8) is 0 Å². The Morgan fingerprint density at radius 3 is 2.36 bits per heavy atom. The Balaban J connectivity index is 0.000000605. The lowest BCUT2D eigenvalue weighted by Crippen LogP contribution is -2.55. The number of carbonyl (C=O) groups is 1. The van der Waals surface area contributed by atoms with Crippen molar-refractivity contribution in [2.75, 3.05) is 19.6 Å². The Labute approximate surface area is 73.4 Å². The molecule has 11 heavy (non-hydrogen) atoms. The standard InChI is InChI=1S/C8H13NO.ClH/c1-2-9-4-6-3-7(5-9)8(6)10;/h6-7H,2-5H2,1H3;1H. The summed E-state index contributed by atoms with van der Waals surface area (Å²) >= 11 is 0. The van der Waals surface area contributed by atoms with Gasteiger partial charge >= 0.3 is 0 Å². The van der Waals surface area contributed by atoms with Gasteiger partial charge in [-0.1, -0.05) is 6.92 Å². The van der Waals surface area contributed by atoms with E-state index in [1.165, 1.54) is 6.42 Å². The molecule has 3 fully saturated rings. The van der Waals surface area contributed by atoms with E-state index in [1.807, 2.05) is 0 Å². The summed E-state index contributed by atoms with van der Waals surface area (Å²) < 4.78 is 0. The van der Waals surface area contributed by atoms with Gasteiger partial charge in [-0.2, -0.15) is 0 Å². The van der Waals surface area contributed by atoms with E-state index in [4.69, 9.17) is 0 Å². The summed E-state index contributed by atoms with van der Waals surface area (Å²) in [6.07, 6.45) is 1.18. The van der Waals surface area contributed by atoms with E-state index in [9.17, 15) is 4.79 Å². The van der Waals surface area contributed by atoms with E-state index in [1.54, 1.807) is 0 Å². The van der Waals surface area contributed by atoms with Crippen LogP contribution in [0.3, 0.4) is 0 Å². The summed E-state index contributed by atoms with van der Waals surface area (Å²) in [6.45, 7) is 5.34. The molecule has 3 rings (SSSR count). The first-order chi connectivity index (χ1) is 4.81. The van der Waals surface area contributed by atoms with Crippen LogP contribution in [0.5, 0.6) is 0 Å². The Kier molecular flexibility index (Phi) is 2.55. The van der Waals surface area contributed by atoms with Crippen molar-refractivity contribution in [1.29, 1.82) is 0 Å². The van der Waals surface area contributed by atoms with E-state index < -0.39 is 0 Å². The van der Waals surface area contributed by atoms with Crippen LogP contribution in [-0.2, 0) is 4.79 Å². The summed E-state index contributed by atoms with van der Waals surface area (Å²) in [5, 5.41) is 0. The largest absolute Gasteiger partial charge is 0.302 e. The van der Waals surface area contributed by atoms with Crippen LogP contribution in [0, 0.1) is 11.8 Å². The zero-order valence-electron chi connectivity index (χ0n) is 6.75. The molecule has 3 aliphatic rings. The Hall–Kier alpha value is -0.0800. The maximum absolute atomic E-state index is 11.1. The summed E-state index contributed by atoms with van der Waals surface area (Å²) in [6, 6.07) is 0. The van der Waals surface area contributed by atoms with Crippen molar-refractivity contribution < 1.29 is 4.79 Å². The SMILES string of the molecule is CCN1CC2CC(C1)C2=O.Cl. The van der Waals surface area contributed by atoms with Gasteiger partial charge in [0.2, 0.25) is 0 Å². The minimum Gasteiger partial charge on any atom is -0.302 e. The Bertz CT molecular complexity index is 157.